The van der Waals surface area contributed by atoms with Gasteiger partial charge in [0.1, 0.15) is 0 Å². The molecule has 0 N–H and O–H groups in total. The van der Waals surface area contributed by atoms with E-state index in [-0.39, 0.29) is 0 Å². The summed E-state index contributed by atoms with van der Waals surface area (Å²) in [4.78, 5) is 2.40. The van der Waals surface area contributed by atoms with Gasteiger partial charge in [-0.3, -0.25) is 0 Å². The summed E-state index contributed by atoms with van der Waals surface area (Å²) >= 11 is 0. The molecule has 5 heteroatoms. The van der Waals surface area contributed by atoms with E-state index in [0.29, 0.717) is 0 Å². The average molecular weight is 538 g/mol. The van der Waals surface area contributed by atoms with E-state index in [4.69, 9.17) is 0 Å². The highest BCUT2D eigenvalue weighted by Crippen LogP contribution is 2.37. The lowest BCUT2D eigenvalue weighted by atomic mass is 10.4. The zero-order valence-electron chi connectivity index (χ0n) is 24.9. The summed E-state index contributed by atoms with van der Waals surface area (Å²) in [5.41, 5.74) is 0. The molecule has 200 valence electrons. The predicted molar refractivity (Wildman–Crippen MR) is 174 cm³/mol. The maximum Gasteiger partial charge on any atom is 0.0535 e. The molecule has 0 aromatic carbocycles. The maximum atomic E-state index is 4.05. The van der Waals surface area contributed by atoms with Crippen LogP contribution in [0.3, 0.4) is 0 Å². The van der Waals surface area contributed by atoms with E-state index >= 15 is 0 Å². The molecule has 0 aliphatic rings. The van der Waals surface area contributed by atoms with Crippen LogP contribution in [0.4, 0.5) is 0 Å². The number of nitrogens with zero attached hydrogens (tertiary/aromatic N) is 1. The van der Waals surface area contributed by atoms with Crippen molar-refractivity contribution in [2.45, 2.75) is 125 Å². The minimum absolute atomic E-state index is 1.11. The second-order valence-electron chi connectivity index (χ2n) is 13.9. The Balaban J connectivity index is 5.50. The lowest BCUT2D eigenvalue weighted by Crippen LogP contribution is -2.37. The van der Waals surface area contributed by atoms with Gasteiger partial charge in [-0.15, -0.1) is 19.7 Å². The quantitative estimate of drug-likeness (QED) is 0.0980. The summed E-state index contributed by atoms with van der Waals surface area (Å²) in [7, 11) is -0.0946. The molecular weight excluding hydrogens is 475 g/mol. The lowest BCUT2D eigenvalue weighted by Gasteiger charge is -2.36. The SMILES string of the molecule is C=CC[Si](C)(C)CCC[Si](CCCN(C)C)(CCC[Si](C)(C)CC=C)CCC[Si](C)(C)CC=C. The molecule has 0 radical (unpaired) electrons. The molecule has 34 heavy (non-hydrogen) atoms. The van der Waals surface area contributed by atoms with Gasteiger partial charge in [0.15, 0.2) is 0 Å². The van der Waals surface area contributed by atoms with E-state index in [2.05, 4.69) is 96.2 Å². The first kappa shape index (κ1) is 34.0. The average Bonchev–Trinajstić information content (AvgIpc) is 2.67. The fourth-order valence-corrected chi connectivity index (χ4v) is 18.4. The minimum Gasteiger partial charge on any atom is -0.309 e. The Hall–Kier alpha value is 0.0475. The number of hydrogen-bond donors (Lipinski definition) is 0. The highest BCUT2D eigenvalue weighted by atomic mass is 28.3. The molecule has 0 heterocycles. The van der Waals surface area contributed by atoms with Crippen LogP contribution in [0.5, 0.6) is 0 Å². The monoisotopic (exact) mass is 537 g/mol. The molecule has 0 aromatic rings. The van der Waals surface area contributed by atoms with Gasteiger partial charge in [0, 0.05) is 0 Å². The molecule has 0 fully saturated rings. The molecule has 0 unspecified atom stereocenters. The molecule has 0 bridgehead atoms. The van der Waals surface area contributed by atoms with Crippen LogP contribution < -0.4 is 0 Å². The largest absolute Gasteiger partial charge is 0.309 e. The highest BCUT2D eigenvalue weighted by Gasteiger charge is 2.34. The standard InChI is InChI=1S/C29H63NSi4/c1-12-20-31(6,7)23-16-27-34(26-15-19-30(4)5,28-17-24-32(8,9)21-13-2)29-18-25-33(10,11)22-14-3/h12-14H,1-3,15-29H2,4-11H3. The van der Waals surface area contributed by atoms with Crippen LogP contribution in [0, 0.1) is 0 Å². The van der Waals surface area contributed by atoms with Gasteiger partial charge in [-0.05, 0) is 45.2 Å². The van der Waals surface area contributed by atoms with Crippen molar-refractivity contribution in [3.05, 3.63) is 38.0 Å². The van der Waals surface area contributed by atoms with Gasteiger partial charge in [-0.1, -0.05) is 119 Å². The highest BCUT2D eigenvalue weighted by molar-refractivity contribution is 6.82. The van der Waals surface area contributed by atoms with Crippen molar-refractivity contribution in [3.63, 3.8) is 0 Å². The third-order valence-electron chi connectivity index (χ3n) is 8.09. The molecule has 0 atom stereocenters. The van der Waals surface area contributed by atoms with Crippen LogP contribution in [0.2, 0.25) is 99.7 Å². The summed E-state index contributed by atoms with van der Waals surface area (Å²) in [6.07, 6.45) is 12.4. The maximum absolute atomic E-state index is 4.05. The van der Waals surface area contributed by atoms with Crippen LogP contribution >= 0.6 is 0 Å². The van der Waals surface area contributed by atoms with Crippen molar-refractivity contribution < 1.29 is 0 Å². The lowest BCUT2D eigenvalue weighted by molar-refractivity contribution is 0.407. The van der Waals surface area contributed by atoms with Crippen molar-refractivity contribution in [2.75, 3.05) is 20.6 Å². The van der Waals surface area contributed by atoms with E-state index in [0.717, 1.165) is 0 Å². The molecular formula is C29H63NSi4. The summed E-state index contributed by atoms with van der Waals surface area (Å²) in [5, 5.41) is 0. The first-order valence-electron chi connectivity index (χ1n) is 14.2. The van der Waals surface area contributed by atoms with Crippen LogP contribution in [0.25, 0.3) is 0 Å². The molecule has 0 saturated heterocycles. The Morgan fingerprint density at radius 2 is 0.794 bits per heavy atom. The van der Waals surface area contributed by atoms with Gasteiger partial charge in [0.2, 0.25) is 0 Å². The Kier molecular flexibility index (Phi) is 16.7. The number of rotatable bonds is 22. The second kappa shape index (κ2) is 16.7. The summed E-state index contributed by atoms with van der Waals surface area (Å²) < 4.78 is 0. The Labute approximate surface area is 220 Å². The van der Waals surface area contributed by atoms with Crippen molar-refractivity contribution in [1.82, 2.24) is 4.90 Å². The van der Waals surface area contributed by atoms with Gasteiger partial charge >= 0.3 is 0 Å². The number of allylic oxidation sites excluding steroid dienone is 3. The third-order valence-corrected chi connectivity index (χ3v) is 23.0. The van der Waals surface area contributed by atoms with E-state index < -0.39 is 32.3 Å². The van der Waals surface area contributed by atoms with Gasteiger partial charge in [0.25, 0.3) is 0 Å². The van der Waals surface area contributed by atoms with Gasteiger partial charge < -0.3 is 4.90 Å². The smallest absolute Gasteiger partial charge is 0.0535 e. The van der Waals surface area contributed by atoms with Gasteiger partial charge in [-0.25, -0.2) is 0 Å². The van der Waals surface area contributed by atoms with Crippen molar-refractivity contribution >= 4 is 32.3 Å². The number of hydrogen-bond acceptors (Lipinski definition) is 1. The van der Waals surface area contributed by atoms with E-state index in [1.807, 2.05) is 0 Å². The van der Waals surface area contributed by atoms with Crippen LogP contribution in [-0.2, 0) is 0 Å². The first-order chi connectivity index (χ1) is 15.7. The molecule has 0 rings (SSSR count). The summed E-state index contributed by atoms with van der Waals surface area (Å²) in [6.45, 7) is 28.9. The van der Waals surface area contributed by atoms with Crippen LogP contribution in [0.1, 0.15) is 25.7 Å². The zero-order valence-corrected chi connectivity index (χ0v) is 28.9. The van der Waals surface area contributed by atoms with E-state index in [1.165, 1.54) is 68.5 Å². The fourth-order valence-electron chi connectivity index (χ4n) is 5.82. The molecule has 0 spiro atoms. The topological polar surface area (TPSA) is 3.24 Å². The molecule has 1 nitrogen and oxygen atoms in total. The Morgan fingerprint density at radius 3 is 1.06 bits per heavy atom. The zero-order chi connectivity index (χ0) is 26.3. The van der Waals surface area contributed by atoms with Crippen molar-refractivity contribution in [1.29, 1.82) is 0 Å². The van der Waals surface area contributed by atoms with Crippen LogP contribution in [-0.4, -0.2) is 57.8 Å². The summed E-state index contributed by atoms with van der Waals surface area (Å²) in [6, 6.07) is 14.6. The van der Waals surface area contributed by atoms with Crippen molar-refractivity contribution in [2.24, 2.45) is 0 Å². The normalized spacial score (nSPS) is 13.3. The van der Waals surface area contributed by atoms with Gasteiger partial charge in [0.05, 0.1) is 32.3 Å². The Bertz CT molecular complexity index is 511. The third kappa shape index (κ3) is 16.7. The van der Waals surface area contributed by atoms with Gasteiger partial charge in [-0.2, -0.15) is 0 Å². The van der Waals surface area contributed by atoms with E-state index in [9.17, 15) is 0 Å². The molecule has 0 aliphatic carbocycles. The Morgan fingerprint density at radius 1 is 0.500 bits per heavy atom. The minimum atomic E-state index is -1.27. The first-order valence-corrected chi connectivity index (χ1v) is 27.3. The summed E-state index contributed by atoms with van der Waals surface area (Å²) in [5.74, 6) is 0. The molecule has 0 saturated carbocycles. The van der Waals surface area contributed by atoms with Crippen molar-refractivity contribution in [3.8, 4) is 0 Å². The molecule has 0 amide bonds. The fraction of sp³-hybridized carbons (Fsp3) is 0.793. The predicted octanol–water partition coefficient (Wildman–Crippen LogP) is 10.2. The molecule has 0 aliphatic heterocycles. The second-order valence-corrected chi connectivity index (χ2v) is 34.6. The van der Waals surface area contributed by atoms with Crippen LogP contribution in [0.15, 0.2) is 38.0 Å². The van der Waals surface area contributed by atoms with E-state index in [1.54, 1.807) is 24.2 Å². The molecule has 0 aromatic heterocycles.